The molecule has 1 aromatic carbocycles. The summed E-state index contributed by atoms with van der Waals surface area (Å²) in [6.07, 6.45) is 2.70. The number of hydrogen-bond acceptors (Lipinski definition) is 10. The van der Waals surface area contributed by atoms with Gasteiger partial charge in [0, 0.05) is 77.6 Å². The maximum absolute atomic E-state index is 12.9. The molecular weight excluding hydrogens is 486 g/mol. The van der Waals surface area contributed by atoms with E-state index in [1.54, 1.807) is 0 Å². The second-order valence-electron chi connectivity index (χ2n) is 9.31. The highest BCUT2D eigenvalue weighted by Crippen LogP contribution is 2.23. The van der Waals surface area contributed by atoms with E-state index in [0.29, 0.717) is 32.3 Å². The lowest BCUT2D eigenvalue weighted by Crippen LogP contribution is -2.49. The Morgan fingerprint density at radius 1 is 0.889 bits per heavy atom. The Hall–Kier alpha value is -2.87. The van der Waals surface area contributed by atoms with Crippen molar-refractivity contribution in [2.24, 2.45) is 0 Å². The van der Waals surface area contributed by atoms with E-state index in [0.717, 1.165) is 63.8 Å². The summed E-state index contributed by atoms with van der Waals surface area (Å²) in [7, 11) is -3.71. The minimum Gasteiger partial charge on any atom is -0.377 e. The summed E-state index contributed by atoms with van der Waals surface area (Å²) >= 11 is 0. The number of ether oxygens (including phenoxy) is 1. The van der Waals surface area contributed by atoms with Gasteiger partial charge >= 0.3 is 0 Å². The summed E-state index contributed by atoms with van der Waals surface area (Å²) in [6.45, 7) is 7.24. The molecule has 194 valence electrons. The van der Waals surface area contributed by atoms with Crippen LogP contribution in [-0.4, -0.2) is 104 Å². The Morgan fingerprint density at radius 3 is 1.97 bits per heavy atom. The van der Waals surface area contributed by atoms with Crippen LogP contribution in [0.4, 0.5) is 17.3 Å². The molecule has 0 bridgehead atoms. The van der Waals surface area contributed by atoms with Gasteiger partial charge in [0.25, 0.3) is 5.69 Å². The van der Waals surface area contributed by atoms with Gasteiger partial charge in [-0.1, -0.05) is 0 Å². The summed E-state index contributed by atoms with van der Waals surface area (Å²) in [5.41, 5.74) is -0.138. The molecular formula is C23H31N7O5S. The van der Waals surface area contributed by atoms with Crippen molar-refractivity contribution < 1.29 is 18.1 Å². The van der Waals surface area contributed by atoms with E-state index in [-0.39, 0.29) is 10.6 Å². The molecule has 12 nitrogen and oxygen atoms in total. The van der Waals surface area contributed by atoms with Crippen molar-refractivity contribution in [2.75, 3.05) is 75.3 Å². The molecule has 3 aliphatic rings. The van der Waals surface area contributed by atoms with Crippen LogP contribution in [0.2, 0.25) is 0 Å². The average Bonchev–Trinajstić information content (AvgIpc) is 3.42. The highest BCUT2D eigenvalue weighted by molar-refractivity contribution is 7.89. The van der Waals surface area contributed by atoms with Crippen LogP contribution < -0.4 is 9.80 Å². The van der Waals surface area contributed by atoms with Crippen LogP contribution in [0.1, 0.15) is 12.8 Å². The Labute approximate surface area is 210 Å². The largest absolute Gasteiger partial charge is 0.377 e. The lowest BCUT2D eigenvalue weighted by molar-refractivity contribution is -0.384. The quantitative estimate of drug-likeness (QED) is 0.391. The molecule has 0 spiro atoms. The fraction of sp³-hybridized carbons (Fsp3) is 0.565. The molecule has 5 rings (SSSR count). The van der Waals surface area contributed by atoms with Gasteiger partial charge in [-0.2, -0.15) is 4.31 Å². The number of nitro groups is 1. The lowest BCUT2D eigenvalue weighted by Gasteiger charge is -2.36. The fourth-order valence-electron chi connectivity index (χ4n) is 4.94. The smallest absolute Gasteiger partial charge is 0.269 e. The van der Waals surface area contributed by atoms with E-state index >= 15 is 0 Å². The zero-order valence-electron chi connectivity index (χ0n) is 20.1. The molecule has 0 N–H and O–H groups in total. The summed E-state index contributed by atoms with van der Waals surface area (Å²) < 4.78 is 33.1. The van der Waals surface area contributed by atoms with Crippen molar-refractivity contribution in [3.63, 3.8) is 0 Å². The van der Waals surface area contributed by atoms with Gasteiger partial charge in [-0.25, -0.2) is 8.42 Å². The van der Waals surface area contributed by atoms with Crippen LogP contribution in [0.15, 0.2) is 41.3 Å². The van der Waals surface area contributed by atoms with E-state index in [4.69, 9.17) is 4.74 Å². The maximum atomic E-state index is 12.9. The standard InChI is InChI=1S/C23H31N7O5S/c31-30(32)19-3-5-21(6-4-19)36(33,34)29-15-13-28(14-16-29)23-8-7-22(24-25-23)27-11-9-26(10-12-27)18-20-2-1-17-35-20/h3-8,20H,1-2,9-18H2. The molecule has 1 aromatic heterocycles. The number of anilines is 2. The van der Waals surface area contributed by atoms with Crippen molar-refractivity contribution >= 4 is 27.3 Å². The number of sulfonamides is 1. The second kappa shape index (κ2) is 10.6. The van der Waals surface area contributed by atoms with Crippen molar-refractivity contribution in [3.8, 4) is 0 Å². The number of nitro benzene ring substituents is 1. The Bertz CT molecular complexity index is 1140. The minimum atomic E-state index is -3.71. The van der Waals surface area contributed by atoms with Crippen LogP contribution in [0, 0.1) is 10.1 Å². The predicted molar refractivity (Wildman–Crippen MR) is 134 cm³/mol. The summed E-state index contributed by atoms with van der Waals surface area (Å²) in [5, 5.41) is 19.7. The van der Waals surface area contributed by atoms with Gasteiger partial charge in [-0.3, -0.25) is 15.0 Å². The van der Waals surface area contributed by atoms with Crippen LogP contribution in [0.5, 0.6) is 0 Å². The van der Waals surface area contributed by atoms with Gasteiger partial charge in [-0.05, 0) is 37.1 Å². The van der Waals surface area contributed by atoms with Crippen LogP contribution in [0.25, 0.3) is 0 Å². The van der Waals surface area contributed by atoms with Crippen molar-refractivity contribution in [1.82, 2.24) is 19.4 Å². The average molecular weight is 518 g/mol. The third-order valence-electron chi connectivity index (χ3n) is 7.07. The third kappa shape index (κ3) is 5.43. The minimum absolute atomic E-state index is 0.0570. The van der Waals surface area contributed by atoms with Crippen LogP contribution in [-0.2, 0) is 14.8 Å². The van der Waals surface area contributed by atoms with Crippen LogP contribution >= 0.6 is 0 Å². The van der Waals surface area contributed by atoms with Gasteiger partial charge in [0.2, 0.25) is 10.0 Å². The SMILES string of the molecule is O=[N+]([O-])c1ccc(S(=O)(=O)N2CCN(c3ccc(N4CCN(CC5CCCO5)CC4)nn3)CC2)cc1. The third-order valence-corrected chi connectivity index (χ3v) is 8.98. The predicted octanol–water partition coefficient (Wildman–Crippen LogP) is 1.20. The number of rotatable bonds is 7. The zero-order chi connectivity index (χ0) is 25.1. The normalized spacial score (nSPS) is 22.2. The van der Waals surface area contributed by atoms with Gasteiger partial charge in [0.15, 0.2) is 11.6 Å². The molecule has 36 heavy (non-hydrogen) atoms. The lowest BCUT2D eigenvalue weighted by atomic mass is 10.2. The second-order valence-corrected chi connectivity index (χ2v) is 11.3. The summed E-state index contributed by atoms with van der Waals surface area (Å²) in [5.74, 6) is 1.58. The van der Waals surface area contributed by atoms with Gasteiger partial charge in [-0.15, -0.1) is 10.2 Å². The number of non-ortho nitro benzene ring substituents is 1. The number of hydrogen-bond donors (Lipinski definition) is 0. The molecule has 0 amide bonds. The van der Waals surface area contributed by atoms with Crippen LogP contribution in [0.3, 0.4) is 0 Å². The Morgan fingerprint density at radius 2 is 1.47 bits per heavy atom. The molecule has 13 heteroatoms. The van der Waals surface area contributed by atoms with Crippen molar-refractivity contribution in [2.45, 2.75) is 23.8 Å². The zero-order valence-corrected chi connectivity index (χ0v) is 20.9. The van der Waals surface area contributed by atoms with Crippen molar-refractivity contribution in [1.29, 1.82) is 0 Å². The first-order chi connectivity index (χ1) is 17.4. The molecule has 1 unspecified atom stereocenters. The molecule has 3 fully saturated rings. The molecule has 3 saturated heterocycles. The van der Waals surface area contributed by atoms with E-state index in [2.05, 4.69) is 20.0 Å². The Balaban J connectivity index is 1.13. The number of benzene rings is 1. The molecule has 1 atom stereocenters. The molecule has 0 saturated carbocycles. The van der Waals surface area contributed by atoms with Gasteiger partial charge in [0.05, 0.1) is 15.9 Å². The summed E-state index contributed by atoms with van der Waals surface area (Å²) in [4.78, 5) is 17.1. The summed E-state index contributed by atoms with van der Waals surface area (Å²) in [6, 6.07) is 8.92. The monoisotopic (exact) mass is 517 g/mol. The van der Waals surface area contributed by atoms with Gasteiger partial charge in [0.1, 0.15) is 0 Å². The molecule has 2 aromatic rings. The highest BCUT2D eigenvalue weighted by Gasteiger charge is 2.30. The number of piperazine rings is 2. The highest BCUT2D eigenvalue weighted by atomic mass is 32.2. The molecule has 3 aliphatic heterocycles. The number of aromatic nitrogens is 2. The molecule has 4 heterocycles. The molecule has 0 radical (unpaired) electrons. The van der Waals surface area contributed by atoms with E-state index in [1.807, 2.05) is 17.0 Å². The van der Waals surface area contributed by atoms with Crippen molar-refractivity contribution in [3.05, 3.63) is 46.5 Å². The first-order valence-electron chi connectivity index (χ1n) is 12.3. The number of nitrogens with zero attached hydrogens (tertiary/aromatic N) is 7. The van der Waals surface area contributed by atoms with Gasteiger partial charge < -0.3 is 14.5 Å². The maximum Gasteiger partial charge on any atom is 0.269 e. The first kappa shape index (κ1) is 24.8. The topological polar surface area (TPSA) is 125 Å². The van der Waals surface area contributed by atoms with E-state index in [1.165, 1.54) is 28.6 Å². The van der Waals surface area contributed by atoms with E-state index < -0.39 is 14.9 Å². The Kier molecular flexibility index (Phi) is 7.32. The van der Waals surface area contributed by atoms with E-state index in [9.17, 15) is 18.5 Å². The fourth-order valence-corrected chi connectivity index (χ4v) is 6.36. The molecule has 0 aliphatic carbocycles. The first-order valence-corrected chi connectivity index (χ1v) is 13.8.